The van der Waals surface area contributed by atoms with Gasteiger partial charge in [-0.05, 0) is 42.8 Å². The molecule has 126 valence electrons. The molecule has 3 aromatic rings. The van der Waals surface area contributed by atoms with Gasteiger partial charge in [0.2, 0.25) is 0 Å². The summed E-state index contributed by atoms with van der Waals surface area (Å²) in [7, 11) is 0. The second-order valence-electron chi connectivity index (χ2n) is 5.26. The second-order valence-corrected chi connectivity index (χ2v) is 6.11. The average molecular weight is 405 g/mol. The van der Waals surface area contributed by atoms with E-state index < -0.39 is 0 Å². The molecule has 0 aliphatic carbocycles. The minimum Gasteiger partial charge on any atom is -0.494 e. The Morgan fingerprint density at radius 2 is 1.79 bits per heavy atom. The molecule has 0 radical (unpaired) electrons. The summed E-state index contributed by atoms with van der Waals surface area (Å²) in [5, 5.41) is 6.29. The van der Waals surface area contributed by atoms with Crippen molar-refractivity contribution in [3.8, 4) is 17.0 Å². The number of hydrogen-bond donors (Lipinski definition) is 1. The number of nitrogens with one attached hydrogen (secondary N) is 1. The molecule has 1 heterocycles. The van der Waals surface area contributed by atoms with E-state index >= 15 is 0 Å². The van der Waals surface area contributed by atoms with Crippen LogP contribution in [0.4, 0.5) is 10.8 Å². The van der Waals surface area contributed by atoms with E-state index in [-0.39, 0.29) is 17.0 Å². The molecule has 0 atom stereocenters. The van der Waals surface area contributed by atoms with Crippen LogP contribution in [0.25, 0.3) is 11.3 Å². The Hall–Kier alpha value is -1.85. The summed E-state index contributed by atoms with van der Waals surface area (Å²) in [6.45, 7) is 2.94. The average Bonchev–Trinajstić information content (AvgIpc) is 3.05. The third-order valence-electron chi connectivity index (χ3n) is 3.45. The molecule has 0 bridgehead atoms. The number of rotatable bonds is 7. The van der Waals surface area contributed by atoms with Crippen LogP contribution in [0.3, 0.4) is 0 Å². The maximum atomic E-state index is 5.69. The normalized spacial score (nSPS) is 10.0. The Bertz CT molecular complexity index is 729. The second kappa shape index (κ2) is 9.45. The number of nitrogens with zero attached hydrogens (tertiary/aromatic N) is 1. The van der Waals surface area contributed by atoms with Crippen molar-refractivity contribution in [3.05, 3.63) is 60.0 Å². The molecule has 1 aromatic heterocycles. The first-order valence-electron chi connectivity index (χ1n) is 7.86. The predicted molar refractivity (Wildman–Crippen MR) is 108 cm³/mol. The highest BCUT2D eigenvalue weighted by atomic mass is 79.9. The first-order valence-corrected chi connectivity index (χ1v) is 8.74. The number of thiazole rings is 1. The third-order valence-corrected chi connectivity index (χ3v) is 4.20. The molecule has 0 amide bonds. The fourth-order valence-electron chi connectivity index (χ4n) is 2.16. The van der Waals surface area contributed by atoms with Gasteiger partial charge >= 0.3 is 0 Å². The zero-order valence-electron chi connectivity index (χ0n) is 13.6. The van der Waals surface area contributed by atoms with Gasteiger partial charge in [-0.25, -0.2) is 4.98 Å². The van der Waals surface area contributed by atoms with Crippen LogP contribution in [0.2, 0.25) is 0 Å². The Kier molecular flexibility index (Phi) is 7.28. The van der Waals surface area contributed by atoms with E-state index in [9.17, 15) is 0 Å². The molecule has 3 rings (SSSR count). The molecule has 0 saturated heterocycles. The highest BCUT2D eigenvalue weighted by molar-refractivity contribution is 8.93. The standard InChI is InChI=1S/C19H20N2OS.BrH/c1-2-3-13-22-17-11-9-15(10-12-17)18-14-23-19(21-18)20-16-7-5-4-6-8-16;/h4-12,14H,2-3,13H2,1H3,(H,20,21);1H. The molecule has 3 nitrogen and oxygen atoms in total. The largest absolute Gasteiger partial charge is 0.494 e. The Morgan fingerprint density at radius 1 is 1.04 bits per heavy atom. The number of unbranched alkanes of at least 4 members (excludes halogenated alkanes) is 1. The van der Waals surface area contributed by atoms with Gasteiger partial charge in [0.15, 0.2) is 5.13 Å². The maximum Gasteiger partial charge on any atom is 0.187 e. The van der Waals surface area contributed by atoms with Crippen LogP contribution >= 0.6 is 28.3 Å². The molecule has 0 spiro atoms. The topological polar surface area (TPSA) is 34.1 Å². The van der Waals surface area contributed by atoms with E-state index in [2.05, 4.69) is 34.7 Å². The quantitative estimate of drug-likeness (QED) is 0.468. The lowest BCUT2D eigenvalue weighted by atomic mass is 10.2. The lowest BCUT2D eigenvalue weighted by Gasteiger charge is -2.05. The number of halogens is 1. The summed E-state index contributed by atoms with van der Waals surface area (Å²) in [6, 6.07) is 18.2. The van der Waals surface area contributed by atoms with Gasteiger partial charge in [0, 0.05) is 16.6 Å². The van der Waals surface area contributed by atoms with Gasteiger partial charge in [0.25, 0.3) is 0 Å². The zero-order chi connectivity index (χ0) is 15.9. The predicted octanol–water partition coefficient (Wildman–Crippen LogP) is 6.31. The molecule has 5 heteroatoms. The van der Waals surface area contributed by atoms with Crippen LogP contribution in [0, 0.1) is 0 Å². The Morgan fingerprint density at radius 3 is 2.50 bits per heavy atom. The van der Waals surface area contributed by atoms with Crippen molar-refractivity contribution in [1.82, 2.24) is 4.98 Å². The molecular weight excluding hydrogens is 384 g/mol. The Balaban J connectivity index is 0.00000208. The molecule has 0 aliphatic heterocycles. The maximum absolute atomic E-state index is 5.69. The van der Waals surface area contributed by atoms with Crippen molar-refractivity contribution in [1.29, 1.82) is 0 Å². The van der Waals surface area contributed by atoms with Gasteiger partial charge in [-0.2, -0.15) is 0 Å². The number of ether oxygens (including phenoxy) is 1. The van der Waals surface area contributed by atoms with E-state index in [0.29, 0.717) is 0 Å². The minimum absolute atomic E-state index is 0. The summed E-state index contributed by atoms with van der Waals surface area (Å²) in [4.78, 5) is 4.65. The monoisotopic (exact) mass is 404 g/mol. The molecule has 24 heavy (non-hydrogen) atoms. The van der Waals surface area contributed by atoms with Gasteiger partial charge in [-0.15, -0.1) is 28.3 Å². The van der Waals surface area contributed by atoms with Crippen LogP contribution in [0.1, 0.15) is 19.8 Å². The highest BCUT2D eigenvalue weighted by Crippen LogP contribution is 2.28. The van der Waals surface area contributed by atoms with Gasteiger partial charge in [0.05, 0.1) is 12.3 Å². The lowest BCUT2D eigenvalue weighted by Crippen LogP contribution is -1.95. The molecule has 0 saturated carbocycles. The third kappa shape index (κ3) is 5.08. The van der Waals surface area contributed by atoms with Crippen LogP contribution in [-0.2, 0) is 0 Å². The zero-order valence-corrected chi connectivity index (χ0v) is 16.1. The molecular formula is C19H21BrN2OS. The van der Waals surface area contributed by atoms with Crippen molar-refractivity contribution in [2.75, 3.05) is 11.9 Å². The smallest absolute Gasteiger partial charge is 0.187 e. The molecule has 0 aliphatic rings. The first kappa shape index (κ1) is 18.5. The fourth-order valence-corrected chi connectivity index (χ4v) is 2.90. The van der Waals surface area contributed by atoms with Crippen molar-refractivity contribution in [2.45, 2.75) is 19.8 Å². The van der Waals surface area contributed by atoms with Crippen LogP contribution < -0.4 is 10.1 Å². The molecule has 1 N–H and O–H groups in total. The number of benzene rings is 2. The van der Waals surface area contributed by atoms with Crippen LogP contribution in [0.15, 0.2) is 60.0 Å². The number of para-hydroxylation sites is 1. The summed E-state index contributed by atoms with van der Waals surface area (Å²) < 4.78 is 5.69. The summed E-state index contributed by atoms with van der Waals surface area (Å²) in [6.07, 6.45) is 2.23. The summed E-state index contributed by atoms with van der Waals surface area (Å²) in [5.74, 6) is 0.917. The summed E-state index contributed by atoms with van der Waals surface area (Å²) in [5.41, 5.74) is 3.13. The van der Waals surface area contributed by atoms with Crippen LogP contribution in [-0.4, -0.2) is 11.6 Å². The fraction of sp³-hybridized carbons (Fsp3) is 0.211. The Labute approximate surface area is 157 Å². The SMILES string of the molecule is Br.CCCCOc1ccc(-c2csc(Nc3ccccc3)n2)cc1. The highest BCUT2D eigenvalue weighted by Gasteiger charge is 2.05. The van der Waals surface area contributed by atoms with Gasteiger partial charge < -0.3 is 10.1 Å². The van der Waals surface area contributed by atoms with E-state index in [0.717, 1.165) is 47.3 Å². The van der Waals surface area contributed by atoms with Crippen molar-refractivity contribution in [3.63, 3.8) is 0 Å². The van der Waals surface area contributed by atoms with E-state index in [1.807, 2.05) is 42.5 Å². The van der Waals surface area contributed by atoms with E-state index in [1.54, 1.807) is 11.3 Å². The van der Waals surface area contributed by atoms with Crippen molar-refractivity contribution in [2.24, 2.45) is 0 Å². The number of anilines is 2. The van der Waals surface area contributed by atoms with E-state index in [4.69, 9.17) is 4.74 Å². The van der Waals surface area contributed by atoms with Crippen molar-refractivity contribution < 1.29 is 4.74 Å². The first-order chi connectivity index (χ1) is 11.3. The molecule has 0 unspecified atom stereocenters. The van der Waals surface area contributed by atoms with Gasteiger partial charge in [-0.1, -0.05) is 31.5 Å². The molecule has 0 fully saturated rings. The minimum atomic E-state index is 0. The number of aromatic nitrogens is 1. The van der Waals surface area contributed by atoms with E-state index in [1.165, 1.54) is 0 Å². The molecule has 2 aromatic carbocycles. The van der Waals surface area contributed by atoms with Crippen molar-refractivity contribution >= 4 is 39.1 Å². The van der Waals surface area contributed by atoms with Gasteiger partial charge in [-0.3, -0.25) is 0 Å². The number of hydrogen-bond acceptors (Lipinski definition) is 4. The lowest BCUT2D eigenvalue weighted by molar-refractivity contribution is 0.309. The van der Waals surface area contributed by atoms with Crippen LogP contribution in [0.5, 0.6) is 5.75 Å². The van der Waals surface area contributed by atoms with Gasteiger partial charge in [0.1, 0.15) is 5.75 Å². The summed E-state index contributed by atoms with van der Waals surface area (Å²) >= 11 is 1.61.